The van der Waals surface area contributed by atoms with E-state index in [1.54, 1.807) is 42.5 Å². The van der Waals surface area contributed by atoms with Crippen LogP contribution in [0.2, 0.25) is 5.02 Å². The molecule has 0 saturated carbocycles. The van der Waals surface area contributed by atoms with Crippen LogP contribution in [0.5, 0.6) is 11.5 Å². The molecule has 0 bridgehead atoms. The van der Waals surface area contributed by atoms with Gasteiger partial charge >= 0.3 is 0 Å². The van der Waals surface area contributed by atoms with E-state index in [-0.39, 0.29) is 17.5 Å². The van der Waals surface area contributed by atoms with Crippen molar-refractivity contribution in [3.8, 4) is 11.5 Å². The Morgan fingerprint density at radius 1 is 1.18 bits per heavy atom. The minimum absolute atomic E-state index is 0.0337. The number of hydrogen-bond donors (Lipinski definition) is 3. The Morgan fingerprint density at radius 3 is 2.59 bits per heavy atom. The van der Waals surface area contributed by atoms with Crippen LogP contribution in [0.4, 0.5) is 5.69 Å². The molecular formula is C15H13ClN2O3S. The molecule has 0 fully saturated rings. The number of hydrogen-bond acceptors (Lipinski definition) is 4. The molecule has 22 heavy (non-hydrogen) atoms. The lowest BCUT2D eigenvalue weighted by molar-refractivity contribution is -0.121. The van der Waals surface area contributed by atoms with Crippen LogP contribution >= 0.6 is 23.8 Å². The number of anilines is 1. The Labute approximate surface area is 137 Å². The number of aromatic hydroxyl groups is 1. The molecule has 2 aromatic rings. The normalized spacial score (nSPS) is 9.86. The van der Waals surface area contributed by atoms with Crippen LogP contribution in [-0.2, 0) is 4.79 Å². The number of amides is 1. The minimum atomic E-state index is -0.437. The van der Waals surface area contributed by atoms with E-state index in [1.165, 1.54) is 6.07 Å². The van der Waals surface area contributed by atoms with Crippen molar-refractivity contribution < 1.29 is 14.6 Å². The van der Waals surface area contributed by atoms with Crippen LogP contribution in [-0.4, -0.2) is 22.7 Å². The van der Waals surface area contributed by atoms with Crippen LogP contribution in [0.15, 0.2) is 48.5 Å². The van der Waals surface area contributed by atoms with Crippen LogP contribution in [0.25, 0.3) is 0 Å². The number of ether oxygens (including phenoxy) is 1. The molecule has 0 radical (unpaired) electrons. The Hall–Kier alpha value is -2.31. The summed E-state index contributed by atoms with van der Waals surface area (Å²) in [6.45, 7) is -0.230. The standard InChI is InChI=1S/C15H13ClN2O3S/c16-10-5-1-4-8-13(10)21-9-14(20)18-15(22)17-11-6-2-3-7-12(11)19/h1-8,19H,9H2,(H2,17,18,20,22). The Morgan fingerprint density at radius 2 is 1.86 bits per heavy atom. The second-order valence-corrected chi connectivity index (χ2v) is 5.05. The van der Waals surface area contributed by atoms with E-state index in [4.69, 9.17) is 28.6 Å². The fourth-order valence-corrected chi connectivity index (χ4v) is 2.01. The third-order valence-electron chi connectivity index (χ3n) is 2.60. The van der Waals surface area contributed by atoms with Gasteiger partial charge in [-0.25, -0.2) is 0 Å². The quantitative estimate of drug-likeness (QED) is 0.591. The van der Waals surface area contributed by atoms with Gasteiger partial charge in [0.2, 0.25) is 0 Å². The molecule has 0 saturated heterocycles. The Kier molecular flexibility index (Phi) is 5.57. The number of halogens is 1. The second-order valence-electron chi connectivity index (χ2n) is 4.24. The predicted octanol–water partition coefficient (Wildman–Crippen LogP) is 2.94. The average Bonchev–Trinajstić information content (AvgIpc) is 2.49. The van der Waals surface area contributed by atoms with Gasteiger partial charge in [0, 0.05) is 0 Å². The molecule has 2 aromatic carbocycles. The van der Waals surface area contributed by atoms with Gasteiger partial charge in [0.05, 0.1) is 10.7 Å². The first kappa shape index (κ1) is 16.1. The highest BCUT2D eigenvalue weighted by molar-refractivity contribution is 7.80. The highest BCUT2D eigenvalue weighted by Gasteiger charge is 2.08. The van der Waals surface area contributed by atoms with Crippen LogP contribution in [0, 0.1) is 0 Å². The lowest BCUT2D eigenvalue weighted by Crippen LogP contribution is -2.37. The number of nitrogens with one attached hydrogen (secondary N) is 2. The summed E-state index contributed by atoms with van der Waals surface area (Å²) < 4.78 is 5.29. The molecule has 0 spiro atoms. The monoisotopic (exact) mass is 336 g/mol. The van der Waals surface area contributed by atoms with Crippen molar-refractivity contribution in [3.63, 3.8) is 0 Å². The summed E-state index contributed by atoms with van der Waals surface area (Å²) in [6, 6.07) is 13.4. The third-order valence-corrected chi connectivity index (χ3v) is 3.12. The fourth-order valence-electron chi connectivity index (χ4n) is 1.60. The zero-order chi connectivity index (χ0) is 15.9. The average molecular weight is 337 g/mol. The molecule has 0 aromatic heterocycles. The van der Waals surface area contributed by atoms with Gasteiger partial charge in [-0.3, -0.25) is 10.1 Å². The molecule has 0 aliphatic heterocycles. The topological polar surface area (TPSA) is 70.6 Å². The van der Waals surface area contributed by atoms with E-state index < -0.39 is 5.91 Å². The molecule has 7 heteroatoms. The zero-order valence-electron chi connectivity index (χ0n) is 11.4. The number of carbonyl (C=O) groups is 1. The van der Waals surface area contributed by atoms with Gasteiger partial charge in [0.25, 0.3) is 5.91 Å². The second kappa shape index (κ2) is 7.63. The zero-order valence-corrected chi connectivity index (χ0v) is 12.9. The maximum Gasteiger partial charge on any atom is 0.264 e. The van der Waals surface area contributed by atoms with Crippen molar-refractivity contribution in [1.82, 2.24) is 5.32 Å². The number of rotatable bonds is 4. The summed E-state index contributed by atoms with van der Waals surface area (Å²) in [5.74, 6) is 0.0122. The molecule has 0 aliphatic carbocycles. The molecule has 114 valence electrons. The van der Waals surface area contributed by atoms with Gasteiger partial charge in [-0.15, -0.1) is 0 Å². The predicted molar refractivity (Wildman–Crippen MR) is 89.4 cm³/mol. The lowest BCUT2D eigenvalue weighted by atomic mass is 10.3. The van der Waals surface area contributed by atoms with Crippen LogP contribution < -0.4 is 15.4 Å². The van der Waals surface area contributed by atoms with Crippen molar-refractivity contribution in [2.45, 2.75) is 0 Å². The van der Waals surface area contributed by atoms with Gasteiger partial charge in [-0.05, 0) is 36.5 Å². The van der Waals surface area contributed by atoms with Crippen molar-refractivity contribution in [1.29, 1.82) is 0 Å². The van der Waals surface area contributed by atoms with Crippen molar-refractivity contribution in [2.24, 2.45) is 0 Å². The molecule has 3 N–H and O–H groups in total. The highest BCUT2D eigenvalue weighted by Crippen LogP contribution is 2.23. The van der Waals surface area contributed by atoms with E-state index in [1.807, 2.05) is 0 Å². The summed E-state index contributed by atoms with van der Waals surface area (Å²) >= 11 is 10.9. The fraction of sp³-hybridized carbons (Fsp3) is 0.0667. The number of para-hydroxylation sites is 3. The molecule has 0 unspecified atom stereocenters. The smallest absolute Gasteiger partial charge is 0.264 e. The van der Waals surface area contributed by atoms with Gasteiger partial charge in [-0.2, -0.15) is 0 Å². The molecule has 0 aliphatic rings. The molecular weight excluding hydrogens is 324 g/mol. The van der Waals surface area contributed by atoms with E-state index in [2.05, 4.69) is 10.6 Å². The first-order valence-corrected chi connectivity index (χ1v) is 7.11. The molecule has 1 amide bonds. The summed E-state index contributed by atoms with van der Waals surface area (Å²) in [7, 11) is 0. The SMILES string of the molecule is O=C(COc1ccccc1Cl)NC(=S)Nc1ccccc1O. The van der Waals surface area contributed by atoms with Crippen LogP contribution in [0.1, 0.15) is 0 Å². The molecule has 2 rings (SSSR count). The Balaban J connectivity index is 1.83. The number of thiocarbonyl (C=S) groups is 1. The number of carbonyl (C=O) groups excluding carboxylic acids is 1. The van der Waals surface area contributed by atoms with Gasteiger partial charge < -0.3 is 15.2 Å². The first-order valence-electron chi connectivity index (χ1n) is 6.32. The summed E-state index contributed by atoms with van der Waals surface area (Å²) in [5, 5.41) is 15.3. The molecule has 0 atom stereocenters. The first-order chi connectivity index (χ1) is 10.6. The van der Waals surface area contributed by atoms with E-state index >= 15 is 0 Å². The maximum atomic E-state index is 11.7. The van der Waals surface area contributed by atoms with Crippen LogP contribution in [0.3, 0.4) is 0 Å². The van der Waals surface area contributed by atoms with Gasteiger partial charge in [-0.1, -0.05) is 35.9 Å². The number of benzene rings is 2. The lowest BCUT2D eigenvalue weighted by Gasteiger charge is -2.11. The molecule has 5 nitrogen and oxygen atoms in total. The van der Waals surface area contributed by atoms with E-state index in [0.29, 0.717) is 16.5 Å². The largest absolute Gasteiger partial charge is 0.506 e. The number of phenols is 1. The maximum absolute atomic E-state index is 11.7. The van der Waals surface area contributed by atoms with Crippen molar-refractivity contribution in [2.75, 3.05) is 11.9 Å². The minimum Gasteiger partial charge on any atom is -0.506 e. The summed E-state index contributed by atoms with van der Waals surface area (Å²) in [4.78, 5) is 11.7. The highest BCUT2D eigenvalue weighted by atomic mass is 35.5. The van der Waals surface area contributed by atoms with Crippen molar-refractivity contribution >= 4 is 40.5 Å². The number of phenolic OH excluding ortho intramolecular Hbond substituents is 1. The summed E-state index contributed by atoms with van der Waals surface area (Å²) in [6.07, 6.45) is 0. The van der Waals surface area contributed by atoms with Gasteiger partial charge in [0.15, 0.2) is 11.7 Å². The summed E-state index contributed by atoms with van der Waals surface area (Å²) in [5.41, 5.74) is 0.403. The van der Waals surface area contributed by atoms with E-state index in [0.717, 1.165) is 0 Å². The third kappa shape index (κ3) is 4.61. The molecule has 0 heterocycles. The Bertz CT molecular complexity index is 694. The van der Waals surface area contributed by atoms with Crippen molar-refractivity contribution in [3.05, 3.63) is 53.6 Å². The van der Waals surface area contributed by atoms with Gasteiger partial charge in [0.1, 0.15) is 11.5 Å². The van der Waals surface area contributed by atoms with E-state index in [9.17, 15) is 9.90 Å².